The van der Waals surface area contributed by atoms with E-state index in [4.69, 9.17) is 4.74 Å². The number of hydrogen-bond acceptors (Lipinski definition) is 5. The molecule has 0 saturated heterocycles. The molecule has 0 aliphatic rings. The van der Waals surface area contributed by atoms with E-state index in [1.54, 1.807) is 42.0 Å². The number of amides is 1. The first-order valence-corrected chi connectivity index (χ1v) is 10.9. The highest BCUT2D eigenvalue weighted by Crippen LogP contribution is 2.30. The lowest BCUT2D eigenvalue weighted by Gasteiger charge is -2.11. The van der Waals surface area contributed by atoms with Gasteiger partial charge in [0, 0.05) is 5.69 Å². The van der Waals surface area contributed by atoms with Crippen molar-refractivity contribution in [2.45, 2.75) is 12.1 Å². The molecule has 0 fully saturated rings. The van der Waals surface area contributed by atoms with Crippen molar-refractivity contribution in [3.8, 4) is 22.8 Å². The quantitative estimate of drug-likeness (QED) is 0.398. The van der Waals surface area contributed by atoms with Crippen LogP contribution >= 0.6 is 11.8 Å². The van der Waals surface area contributed by atoms with Crippen LogP contribution in [0, 0.1) is 12.7 Å². The van der Waals surface area contributed by atoms with E-state index in [1.165, 1.54) is 17.8 Å². The molecule has 0 atom stereocenters. The molecular weight excluding hydrogens is 427 g/mol. The third kappa shape index (κ3) is 4.81. The predicted molar refractivity (Wildman–Crippen MR) is 124 cm³/mol. The number of aromatic nitrogens is 3. The van der Waals surface area contributed by atoms with Gasteiger partial charge >= 0.3 is 0 Å². The Morgan fingerprint density at radius 2 is 1.75 bits per heavy atom. The van der Waals surface area contributed by atoms with Crippen molar-refractivity contribution in [3.05, 3.63) is 84.2 Å². The van der Waals surface area contributed by atoms with Crippen molar-refractivity contribution in [2.75, 3.05) is 18.2 Å². The number of rotatable bonds is 7. The number of nitrogens with one attached hydrogen (secondary N) is 1. The number of thioether (sulfide) groups is 1. The van der Waals surface area contributed by atoms with E-state index in [1.807, 2.05) is 43.3 Å². The minimum Gasteiger partial charge on any atom is -0.497 e. The average molecular weight is 449 g/mol. The molecule has 162 valence electrons. The van der Waals surface area contributed by atoms with Crippen molar-refractivity contribution >= 4 is 23.4 Å². The summed E-state index contributed by atoms with van der Waals surface area (Å²) in [6, 6.07) is 21.3. The zero-order valence-electron chi connectivity index (χ0n) is 17.6. The van der Waals surface area contributed by atoms with Gasteiger partial charge in [-0.2, -0.15) is 0 Å². The Hall–Kier alpha value is -3.65. The summed E-state index contributed by atoms with van der Waals surface area (Å²) in [6.45, 7) is 1.99. The van der Waals surface area contributed by atoms with Gasteiger partial charge in [0.2, 0.25) is 5.91 Å². The molecule has 0 radical (unpaired) electrons. The number of anilines is 1. The van der Waals surface area contributed by atoms with Gasteiger partial charge in [0.25, 0.3) is 0 Å². The number of methoxy groups -OCH3 is 1. The summed E-state index contributed by atoms with van der Waals surface area (Å²) in [5.41, 5.74) is 2.90. The number of benzene rings is 3. The van der Waals surface area contributed by atoms with Gasteiger partial charge in [-0.1, -0.05) is 41.6 Å². The zero-order chi connectivity index (χ0) is 22.5. The molecule has 0 aliphatic heterocycles. The van der Waals surface area contributed by atoms with Gasteiger partial charge in [0.1, 0.15) is 11.6 Å². The summed E-state index contributed by atoms with van der Waals surface area (Å²) in [5.74, 6) is 0.606. The fourth-order valence-corrected chi connectivity index (χ4v) is 3.86. The predicted octanol–water partition coefficient (Wildman–Crippen LogP) is 5.12. The Kier molecular flexibility index (Phi) is 6.51. The topological polar surface area (TPSA) is 69.0 Å². The van der Waals surface area contributed by atoms with Crippen LogP contribution in [0.25, 0.3) is 17.1 Å². The first-order valence-electron chi connectivity index (χ1n) is 9.89. The number of ether oxygens (including phenoxy) is 1. The van der Waals surface area contributed by atoms with Crippen molar-refractivity contribution in [1.29, 1.82) is 0 Å². The second kappa shape index (κ2) is 9.65. The number of halogens is 1. The lowest BCUT2D eigenvalue weighted by Crippen LogP contribution is -2.14. The highest BCUT2D eigenvalue weighted by Gasteiger charge is 2.19. The van der Waals surface area contributed by atoms with Crippen molar-refractivity contribution in [1.82, 2.24) is 14.8 Å². The van der Waals surface area contributed by atoms with Crippen LogP contribution in [0.1, 0.15) is 5.56 Å². The molecule has 0 aliphatic carbocycles. The van der Waals surface area contributed by atoms with Crippen LogP contribution in [0.2, 0.25) is 0 Å². The Bertz CT molecular complexity index is 1220. The van der Waals surface area contributed by atoms with Gasteiger partial charge in [-0.25, -0.2) is 4.39 Å². The maximum absolute atomic E-state index is 14.5. The van der Waals surface area contributed by atoms with E-state index < -0.39 is 5.82 Å². The summed E-state index contributed by atoms with van der Waals surface area (Å²) in [6.07, 6.45) is 0. The zero-order valence-corrected chi connectivity index (χ0v) is 18.4. The number of aryl methyl sites for hydroxylation is 1. The minimum absolute atomic E-state index is 0.124. The van der Waals surface area contributed by atoms with Gasteiger partial charge in [-0.05, 0) is 55.5 Å². The summed E-state index contributed by atoms with van der Waals surface area (Å²) < 4.78 is 21.5. The second-order valence-corrected chi connectivity index (χ2v) is 7.96. The van der Waals surface area contributed by atoms with E-state index in [0.29, 0.717) is 22.3 Å². The molecule has 8 heteroatoms. The highest BCUT2D eigenvalue weighted by molar-refractivity contribution is 7.99. The molecule has 4 aromatic rings. The van der Waals surface area contributed by atoms with Crippen LogP contribution in [0.4, 0.5) is 10.1 Å². The standard InChI is InChI=1S/C24H21FN4O2S/c1-16-7-9-17(10-8-16)26-22(30)15-32-24-28-27-23(20-5-3-4-6-21(20)25)29(24)18-11-13-19(31-2)14-12-18/h3-14H,15H2,1-2H3,(H,26,30). The first-order chi connectivity index (χ1) is 15.5. The maximum Gasteiger partial charge on any atom is 0.234 e. The normalized spacial score (nSPS) is 10.7. The number of carbonyl (C=O) groups is 1. The SMILES string of the molecule is COc1ccc(-n2c(SCC(=O)Nc3ccc(C)cc3)nnc2-c2ccccc2F)cc1. The monoisotopic (exact) mass is 448 g/mol. The summed E-state index contributed by atoms with van der Waals surface area (Å²) in [7, 11) is 1.59. The van der Waals surface area contributed by atoms with Gasteiger partial charge in [-0.3, -0.25) is 9.36 Å². The highest BCUT2D eigenvalue weighted by atomic mass is 32.2. The largest absolute Gasteiger partial charge is 0.497 e. The van der Waals surface area contributed by atoms with Crippen LogP contribution in [0.3, 0.4) is 0 Å². The molecule has 1 N–H and O–H groups in total. The number of nitrogens with zero attached hydrogens (tertiary/aromatic N) is 3. The van der Waals surface area contributed by atoms with E-state index in [-0.39, 0.29) is 11.7 Å². The van der Waals surface area contributed by atoms with Gasteiger partial charge < -0.3 is 10.1 Å². The van der Waals surface area contributed by atoms with Crippen LogP contribution in [-0.2, 0) is 4.79 Å². The molecule has 1 amide bonds. The van der Waals surface area contributed by atoms with Crippen LogP contribution < -0.4 is 10.1 Å². The molecule has 4 rings (SSSR count). The molecular formula is C24H21FN4O2S. The molecule has 0 spiro atoms. The van der Waals surface area contributed by atoms with E-state index >= 15 is 0 Å². The molecule has 1 heterocycles. The van der Waals surface area contributed by atoms with E-state index in [9.17, 15) is 9.18 Å². The molecule has 32 heavy (non-hydrogen) atoms. The smallest absolute Gasteiger partial charge is 0.234 e. The Balaban J connectivity index is 1.62. The van der Waals surface area contributed by atoms with Gasteiger partial charge in [-0.15, -0.1) is 10.2 Å². The van der Waals surface area contributed by atoms with Crippen molar-refractivity contribution in [2.24, 2.45) is 0 Å². The average Bonchev–Trinajstić information content (AvgIpc) is 3.23. The fraction of sp³-hybridized carbons (Fsp3) is 0.125. The van der Waals surface area contributed by atoms with Crippen molar-refractivity contribution < 1.29 is 13.9 Å². The Morgan fingerprint density at radius 1 is 1.03 bits per heavy atom. The van der Waals surface area contributed by atoms with Crippen molar-refractivity contribution in [3.63, 3.8) is 0 Å². The Labute approximate surface area is 189 Å². The van der Waals surface area contributed by atoms with Crippen LogP contribution in [0.15, 0.2) is 78.0 Å². The molecule has 1 aromatic heterocycles. The molecule has 6 nitrogen and oxygen atoms in total. The van der Waals surface area contributed by atoms with Crippen LogP contribution in [-0.4, -0.2) is 33.5 Å². The van der Waals surface area contributed by atoms with Gasteiger partial charge in [0.05, 0.1) is 24.1 Å². The van der Waals surface area contributed by atoms with E-state index in [0.717, 1.165) is 16.9 Å². The maximum atomic E-state index is 14.5. The lowest BCUT2D eigenvalue weighted by atomic mass is 10.2. The molecule has 0 unspecified atom stereocenters. The minimum atomic E-state index is -0.400. The Morgan fingerprint density at radius 3 is 2.44 bits per heavy atom. The molecule has 3 aromatic carbocycles. The lowest BCUT2D eigenvalue weighted by molar-refractivity contribution is -0.113. The second-order valence-electron chi connectivity index (χ2n) is 7.02. The van der Waals surface area contributed by atoms with E-state index in [2.05, 4.69) is 15.5 Å². The van der Waals surface area contributed by atoms with Gasteiger partial charge in [0.15, 0.2) is 11.0 Å². The summed E-state index contributed by atoms with van der Waals surface area (Å²) >= 11 is 1.23. The number of hydrogen-bond donors (Lipinski definition) is 1. The fourth-order valence-electron chi connectivity index (χ4n) is 3.11. The summed E-state index contributed by atoms with van der Waals surface area (Å²) in [5, 5.41) is 11.8. The molecule has 0 bridgehead atoms. The third-order valence-corrected chi connectivity index (χ3v) is 5.68. The van der Waals surface area contributed by atoms with Crippen LogP contribution in [0.5, 0.6) is 5.75 Å². The molecule has 0 saturated carbocycles. The summed E-state index contributed by atoms with van der Waals surface area (Å²) in [4.78, 5) is 12.5. The third-order valence-electron chi connectivity index (χ3n) is 4.75. The number of carbonyl (C=O) groups excluding carboxylic acids is 1. The first kappa shape index (κ1) is 21.6.